The van der Waals surface area contributed by atoms with E-state index in [0.29, 0.717) is 28.4 Å². The Bertz CT molecular complexity index is 688. The van der Waals surface area contributed by atoms with Crippen molar-refractivity contribution in [1.29, 1.82) is 0 Å². The van der Waals surface area contributed by atoms with Crippen LogP contribution < -0.4 is 14.2 Å². The van der Waals surface area contributed by atoms with Crippen molar-refractivity contribution in [2.45, 2.75) is 5.60 Å². The van der Waals surface area contributed by atoms with Crippen molar-refractivity contribution in [3.63, 3.8) is 0 Å². The highest BCUT2D eigenvalue weighted by atomic mass is 16.5. The van der Waals surface area contributed by atoms with Gasteiger partial charge in [-0.15, -0.1) is 6.42 Å². The highest BCUT2D eigenvalue weighted by Gasteiger charge is 2.33. The van der Waals surface area contributed by atoms with Gasteiger partial charge in [0.05, 0.1) is 21.3 Å². The van der Waals surface area contributed by atoms with Crippen LogP contribution in [0.15, 0.2) is 42.5 Å². The van der Waals surface area contributed by atoms with Crippen molar-refractivity contribution >= 4 is 0 Å². The maximum Gasteiger partial charge on any atom is 0.180 e. The lowest BCUT2D eigenvalue weighted by Crippen LogP contribution is -2.26. The normalized spacial score (nSPS) is 12.9. The zero-order chi connectivity index (χ0) is 16.2. The predicted molar refractivity (Wildman–Crippen MR) is 84.4 cm³/mol. The minimum atomic E-state index is -1.63. The van der Waals surface area contributed by atoms with Gasteiger partial charge in [0.25, 0.3) is 0 Å². The number of hydrogen-bond donors (Lipinski definition) is 1. The number of hydrogen-bond acceptors (Lipinski definition) is 4. The molecule has 1 N–H and O–H groups in total. The van der Waals surface area contributed by atoms with Crippen LogP contribution in [0.4, 0.5) is 0 Å². The summed E-state index contributed by atoms with van der Waals surface area (Å²) in [6.07, 6.45) is 5.63. The van der Waals surface area contributed by atoms with Crippen LogP contribution >= 0.6 is 0 Å². The monoisotopic (exact) mass is 298 g/mol. The van der Waals surface area contributed by atoms with Gasteiger partial charge in [0.1, 0.15) is 5.75 Å². The Morgan fingerprint density at radius 3 is 1.95 bits per heavy atom. The van der Waals surface area contributed by atoms with E-state index in [4.69, 9.17) is 20.6 Å². The molecule has 22 heavy (non-hydrogen) atoms. The predicted octanol–water partition coefficient (Wildman–Crippen LogP) is 2.58. The van der Waals surface area contributed by atoms with E-state index < -0.39 is 5.60 Å². The first-order valence-electron chi connectivity index (χ1n) is 6.66. The molecule has 114 valence electrons. The van der Waals surface area contributed by atoms with Crippen LogP contribution in [0.2, 0.25) is 0 Å². The molecule has 0 spiro atoms. The summed E-state index contributed by atoms with van der Waals surface area (Å²) in [6.45, 7) is 0. The lowest BCUT2D eigenvalue weighted by atomic mass is 9.86. The van der Waals surface area contributed by atoms with Gasteiger partial charge in [-0.1, -0.05) is 36.3 Å². The molecule has 2 aromatic carbocycles. The number of benzene rings is 2. The second-order valence-electron chi connectivity index (χ2n) is 4.63. The molecule has 0 fully saturated rings. The largest absolute Gasteiger partial charge is 0.496 e. The number of aliphatic hydroxyl groups is 1. The molecule has 0 saturated carbocycles. The fourth-order valence-corrected chi connectivity index (χ4v) is 2.31. The van der Waals surface area contributed by atoms with Crippen LogP contribution in [0.3, 0.4) is 0 Å². The number of ether oxygens (including phenoxy) is 3. The Hall–Kier alpha value is -2.64. The summed E-state index contributed by atoms with van der Waals surface area (Å²) in [5.41, 5.74) is -0.643. The zero-order valence-electron chi connectivity index (χ0n) is 12.8. The summed E-state index contributed by atoms with van der Waals surface area (Å²) >= 11 is 0. The van der Waals surface area contributed by atoms with E-state index in [1.807, 2.05) is 18.2 Å². The lowest BCUT2D eigenvalue weighted by Gasteiger charge is -2.26. The molecule has 2 rings (SSSR count). The average molecular weight is 298 g/mol. The highest BCUT2D eigenvalue weighted by molar-refractivity contribution is 5.57. The third-order valence-electron chi connectivity index (χ3n) is 3.50. The van der Waals surface area contributed by atoms with E-state index in [9.17, 15) is 5.11 Å². The zero-order valence-corrected chi connectivity index (χ0v) is 12.8. The maximum atomic E-state index is 11.0. The van der Waals surface area contributed by atoms with Gasteiger partial charge in [-0.05, 0) is 6.07 Å². The van der Waals surface area contributed by atoms with Crippen LogP contribution in [0.1, 0.15) is 11.1 Å². The van der Waals surface area contributed by atoms with Gasteiger partial charge in [0.15, 0.2) is 17.1 Å². The Morgan fingerprint density at radius 1 is 0.909 bits per heavy atom. The molecule has 0 amide bonds. The van der Waals surface area contributed by atoms with Crippen molar-refractivity contribution < 1.29 is 19.3 Å². The van der Waals surface area contributed by atoms with Crippen molar-refractivity contribution in [3.8, 4) is 29.6 Å². The topological polar surface area (TPSA) is 47.9 Å². The molecule has 0 bridgehead atoms. The van der Waals surface area contributed by atoms with E-state index >= 15 is 0 Å². The summed E-state index contributed by atoms with van der Waals surface area (Å²) in [6, 6.07) is 12.3. The Morgan fingerprint density at radius 2 is 1.45 bits per heavy atom. The molecule has 0 radical (unpaired) electrons. The van der Waals surface area contributed by atoms with Gasteiger partial charge >= 0.3 is 0 Å². The van der Waals surface area contributed by atoms with Gasteiger partial charge < -0.3 is 19.3 Å². The standard InChI is InChI=1S/C18H18O4/c1-5-18(19,13-9-7-6-8-10-13)14-11-16(21-3)17(22-4)12-15(14)20-2/h1,6-12,19H,2-4H3. The molecule has 0 heterocycles. The van der Waals surface area contributed by atoms with Gasteiger partial charge in [0, 0.05) is 17.2 Å². The van der Waals surface area contributed by atoms with E-state index in [2.05, 4.69) is 5.92 Å². The first-order chi connectivity index (χ1) is 10.6. The van der Waals surface area contributed by atoms with E-state index in [1.54, 1.807) is 24.3 Å². The minimum absolute atomic E-state index is 0.418. The summed E-state index contributed by atoms with van der Waals surface area (Å²) in [5, 5.41) is 11.0. The van der Waals surface area contributed by atoms with Gasteiger partial charge in [0.2, 0.25) is 0 Å². The maximum absolute atomic E-state index is 11.0. The Kier molecular flexibility index (Phi) is 4.59. The molecule has 0 aromatic heterocycles. The van der Waals surface area contributed by atoms with E-state index in [1.165, 1.54) is 21.3 Å². The van der Waals surface area contributed by atoms with Gasteiger partial charge in [-0.3, -0.25) is 0 Å². The second kappa shape index (κ2) is 6.42. The van der Waals surface area contributed by atoms with Crippen molar-refractivity contribution in [3.05, 3.63) is 53.6 Å². The van der Waals surface area contributed by atoms with E-state index in [-0.39, 0.29) is 0 Å². The molecule has 1 unspecified atom stereocenters. The first-order valence-corrected chi connectivity index (χ1v) is 6.66. The van der Waals surface area contributed by atoms with Gasteiger partial charge in [-0.2, -0.15) is 0 Å². The third kappa shape index (κ3) is 2.59. The molecular weight excluding hydrogens is 280 g/mol. The van der Waals surface area contributed by atoms with Crippen LogP contribution in [-0.2, 0) is 5.60 Å². The summed E-state index contributed by atoms with van der Waals surface area (Å²) < 4.78 is 15.9. The Balaban J connectivity index is 2.71. The molecule has 1 atom stereocenters. The molecule has 0 aliphatic carbocycles. The van der Waals surface area contributed by atoms with Crippen LogP contribution in [-0.4, -0.2) is 26.4 Å². The highest BCUT2D eigenvalue weighted by Crippen LogP contribution is 2.42. The van der Waals surface area contributed by atoms with Crippen molar-refractivity contribution in [1.82, 2.24) is 0 Å². The van der Waals surface area contributed by atoms with Crippen LogP contribution in [0.25, 0.3) is 0 Å². The second-order valence-corrected chi connectivity index (χ2v) is 4.63. The van der Waals surface area contributed by atoms with Crippen molar-refractivity contribution in [2.24, 2.45) is 0 Å². The Labute approximate surface area is 130 Å². The lowest BCUT2D eigenvalue weighted by molar-refractivity contribution is 0.141. The van der Waals surface area contributed by atoms with Crippen LogP contribution in [0, 0.1) is 12.3 Å². The quantitative estimate of drug-likeness (QED) is 0.862. The fraction of sp³-hybridized carbons (Fsp3) is 0.222. The molecular formula is C18H18O4. The first kappa shape index (κ1) is 15.7. The number of rotatable bonds is 5. The summed E-state index contributed by atoms with van der Waals surface area (Å²) in [5.74, 6) is 3.83. The van der Waals surface area contributed by atoms with Crippen molar-refractivity contribution in [2.75, 3.05) is 21.3 Å². The van der Waals surface area contributed by atoms with E-state index in [0.717, 1.165) is 0 Å². The minimum Gasteiger partial charge on any atom is -0.496 e. The third-order valence-corrected chi connectivity index (χ3v) is 3.50. The molecule has 0 aliphatic heterocycles. The average Bonchev–Trinajstić information content (AvgIpc) is 2.60. The summed E-state index contributed by atoms with van der Waals surface area (Å²) in [7, 11) is 4.56. The molecule has 2 aromatic rings. The SMILES string of the molecule is C#CC(O)(c1ccccc1)c1cc(OC)c(OC)cc1OC. The molecule has 0 saturated heterocycles. The summed E-state index contributed by atoms with van der Waals surface area (Å²) in [4.78, 5) is 0. The van der Waals surface area contributed by atoms with Crippen LogP contribution in [0.5, 0.6) is 17.2 Å². The number of methoxy groups -OCH3 is 3. The smallest absolute Gasteiger partial charge is 0.180 e. The molecule has 4 heteroatoms. The number of terminal acetylenes is 1. The molecule has 0 aliphatic rings. The van der Waals surface area contributed by atoms with Gasteiger partial charge in [-0.25, -0.2) is 0 Å². The fourth-order valence-electron chi connectivity index (χ4n) is 2.31. The molecule has 4 nitrogen and oxygen atoms in total.